The third-order valence-electron chi connectivity index (χ3n) is 4.51. The molecule has 2 N–H and O–H groups in total. The maximum absolute atomic E-state index is 11.4. The predicted octanol–water partition coefficient (Wildman–Crippen LogP) is 4.84. The molecule has 0 bridgehead atoms. The lowest BCUT2D eigenvalue weighted by atomic mass is 9.86. The largest absolute Gasteiger partial charge is 0.481 e. The minimum Gasteiger partial charge on any atom is -0.481 e. The number of aromatic nitrogens is 3. The van der Waals surface area contributed by atoms with Crippen LogP contribution in [0.2, 0.25) is 5.02 Å². The highest BCUT2D eigenvalue weighted by Crippen LogP contribution is 2.35. The first-order valence-corrected chi connectivity index (χ1v) is 8.73. The van der Waals surface area contributed by atoms with Crippen molar-refractivity contribution in [3.05, 3.63) is 59.5 Å². The summed E-state index contributed by atoms with van der Waals surface area (Å²) in [5.41, 5.74) is 3.83. The Morgan fingerprint density at radius 3 is 2.38 bits per heavy atom. The smallest absolute Gasteiger partial charge is 0.309 e. The number of nitrogens with one attached hydrogen (secondary N) is 1. The molecular weight excluding hydrogens is 350 g/mol. The first-order valence-electron chi connectivity index (χ1n) is 8.35. The number of carboxylic acids is 1. The summed E-state index contributed by atoms with van der Waals surface area (Å²) >= 11 is 6.00. The third kappa shape index (κ3) is 3.78. The minimum absolute atomic E-state index is 0.503. The van der Waals surface area contributed by atoms with E-state index in [9.17, 15) is 9.90 Å². The zero-order valence-corrected chi connectivity index (χ0v) is 15.4. The molecule has 1 aromatic carbocycles. The van der Waals surface area contributed by atoms with Gasteiger partial charge in [-0.25, -0.2) is 0 Å². The van der Waals surface area contributed by atoms with Gasteiger partial charge in [0, 0.05) is 34.2 Å². The van der Waals surface area contributed by atoms with Crippen LogP contribution in [0, 0.1) is 5.41 Å². The van der Waals surface area contributed by atoms with Crippen molar-refractivity contribution in [2.75, 3.05) is 0 Å². The fourth-order valence-electron chi connectivity index (χ4n) is 2.75. The Kier molecular flexibility index (Phi) is 5.09. The molecule has 134 valence electrons. The number of aromatic amines is 1. The number of hydrogen-bond donors (Lipinski definition) is 2. The molecule has 3 aromatic rings. The molecule has 3 rings (SSSR count). The fraction of sp³-hybridized carbons (Fsp3) is 0.250. The molecule has 0 aliphatic carbocycles. The molecule has 6 heteroatoms. The van der Waals surface area contributed by atoms with Crippen molar-refractivity contribution in [2.24, 2.45) is 5.41 Å². The van der Waals surface area contributed by atoms with E-state index in [1.54, 1.807) is 26.2 Å². The fourth-order valence-corrected chi connectivity index (χ4v) is 2.88. The number of pyridine rings is 1. The monoisotopic (exact) mass is 369 g/mol. The van der Waals surface area contributed by atoms with E-state index >= 15 is 0 Å². The van der Waals surface area contributed by atoms with Crippen molar-refractivity contribution in [1.29, 1.82) is 0 Å². The molecule has 5 nitrogen and oxygen atoms in total. The third-order valence-corrected chi connectivity index (χ3v) is 4.76. The lowest BCUT2D eigenvalue weighted by molar-refractivity contribution is -0.147. The average molecular weight is 370 g/mol. The number of benzene rings is 1. The van der Waals surface area contributed by atoms with Crippen molar-refractivity contribution in [1.82, 2.24) is 15.2 Å². The van der Waals surface area contributed by atoms with Gasteiger partial charge in [-0.2, -0.15) is 5.10 Å². The second kappa shape index (κ2) is 7.30. The van der Waals surface area contributed by atoms with Gasteiger partial charge in [-0.15, -0.1) is 0 Å². The average Bonchev–Trinajstić information content (AvgIpc) is 3.05. The number of nitrogens with zero attached hydrogens (tertiary/aromatic N) is 2. The van der Waals surface area contributed by atoms with E-state index in [0.717, 1.165) is 28.1 Å². The second-order valence-corrected chi connectivity index (χ2v) is 7.29. The first-order chi connectivity index (χ1) is 12.4. The van der Waals surface area contributed by atoms with Gasteiger partial charge in [0.05, 0.1) is 5.41 Å². The molecule has 0 radical (unpaired) electrons. The molecule has 0 amide bonds. The Labute approximate surface area is 157 Å². The van der Waals surface area contributed by atoms with Gasteiger partial charge in [0.25, 0.3) is 0 Å². The van der Waals surface area contributed by atoms with Crippen LogP contribution in [-0.2, 0) is 11.2 Å². The van der Waals surface area contributed by atoms with Crippen LogP contribution >= 0.6 is 11.6 Å². The normalized spacial score (nSPS) is 11.5. The molecule has 0 spiro atoms. The maximum atomic E-state index is 11.4. The summed E-state index contributed by atoms with van der Waals surface area (Å²) in [5, 5.41) is 17.6. The summed E-state index contributed by atoms with van der Waals surface area (Å²) < 4.78 is 0. The molecular formula is C20H20ClN3O2. The summed E-state index contributed by atoms with van der Waals surface area (Å²) in [4.78, 5) is 15.5. The number of carbonyl (C=O) groups is 1. The number of carboxylic acid groups (broad SMARTS) is 1. The molecule has 0 saturated carbocycles. The van der Waals surface area contributed by atoms with Crippen LogP contribution in [-0.4, -0.2) is 26.3 Å². The van der Waals surface area contributed by atoms with Gasteiger partial charge >= 0.3 is 5.97 Å². The SMILES string of the molecule is CC(C)(CCc1[nH]nc(-c2ccc(Cl)cc2)c1-c1ccncc1)C(=O)O. The van der Waals surface area contributed by atoms with Crippen LogP contribution in [0.25, 0.3) is 22.4 Å². The molecule has 0 fully saturated rings. The molecule has 0 saturated heterocycles. The highest BCUT2D eigenvalue weighted by atomic mass is 35.5. The van der Waals surface area contributed by atoms with Crippen LogP contribution in [0.5, 0.6) is 0 Å². The Morgan fingerprint density at radius 2 is 1.77 bits per heavy atom. The van der Waals surface area contributed by atoms with Crippen LogP contribution in [0.4, 0.5) is 0 Å². The summed E-state index contributed by atoms with van der Waals surface area (Å²) in [6.45, 7) is 3.47. The Hall–Kier alpha value is -2.66. The van der Waals surface area contributed by atoms with E-state index in [2.05, 4.69) is 15.2 Å². The number of rotatable bonds is 6. The number of aliphatic carboxylic acids is 1. The van der Waals surface area contributed by atoms with E-state index in [-0.39, 0.29) is 0 Å². The van der Waals surface area contributed by atoms with Crippen molar-refractivity contribution < 1.29 is 9.90 Å². The second-order valence-electron chi connectivity index (χ2n) is 6.86. The van der Waals surface area contributed by atoms with Gasteiger partial charge in [0.2, 0.25) is 0 Å². The maximum Gasteiger partial charge on any atom is 0.309 e. The minimum atomic E-state index is -0.805. The lowest BCUT2D eigenvalue weighted by Gasteiger charge is -2.18. The van der Waals surface area contributed by atoms with E-state index in [1.807, 2.05) is 36.4 Å². The van der Waals surface area contributed by atoms with Crippen molar-refractivity contribution in [3.8, 4) is 22.4 Å². The first kappa shape index (κ1) is 18.1. The molecule has 26 heavy (non-hydrogen) atoms. The molecule has 0 atom stereocenters. The van der Waals surface area contributed by atoms with Gasteiger partial charge < -0.3 is 5.11 Å². The standard InChI is InChI=1S/C20H20ClN3O2/c1-20(2,19(25)26)10-7-16-17(13-8-11-22-12-9-13)18(24-23-16)14-3-5-15(21)6-4-14/h3-6,8-9,11-12H,7,10H2,1-2H3,(H,23,24)(H,25,26). The van der Waals surface area contributed by atoms with Crippen LogP contribution in [0.1, 0.15) is 26.0 Å². The van der Waals surface area contributed by atoms with Crippen molar-refractivity contribution >= 4 is 17.6 Å². The van der Waals surface area contributed by atoms with Gasteiger partial charge in [-0.3, -0.25) is 14.9 Å². The van der Waals surface area contributed by atoms with Gasteiger partial charge in [0.1, 0.15) is 5.69 Å². The van der Waals surface area contributed by atoms with Gasteiger partial charge in [-0.05, 0) is 56.5 Å². The van der Waals surface area contributed by atoms with Crippen LogP contribution in [0.15, 0.2) is 48.8 Å². The lowest BCUT2D eigenvalue weighted by Crippen LogP contribution is -2.24. The molecule has 2 aromatic heterocycles. The summed E-state index contributed by atoms with van der Waals surface area (Å²) in [6, 6.07) is 11.4. The Balaban J connectivity index is 2.03. The quantitative estimate of drug-likeness (QED) is 0.651. The van der Waals surface area contributed by atoms with E-state index in [4.69, 9.17) is 11.6 Å². The van der Waals surface area contributed by atoms with Crippen LogP contribution in [0.3, 0.4) is 0 Å². The van der Waals surface area contributed by atoms with Crippen LogP contribution < -0.4 is 0 Å². The van der Waals surface area contributed by atoms with Crippen molar-refractivity contribution in [2.45, 2.75) is 26.7 Å². The number of H-pyrrole nitrogens is 1. The topological polar surface area (TPSA) is 78.9 Å². The van der Waals surface area contributed by atoms with Crippen molar-refractivity contribution in [3.63, 3.8) is 0 Å². The zero-order chi connectivity index (χ0) is 18.7. The van der Waals surface area contributed by atoms with E-state index in [1.165, 1.54) is 0 Å². The van der Waals surface area contributed by atoms with E-state index in [0.29, 0.717) is 17.9 Å². The van der Waals surface area contributed by atoms with Gasteiger partial charge in [-0.1, -0.05) is 23.7 Å². The predicted molar refractivity (Wildman–Crippen MR) is 102 cm³/mol. The Bertz CT molecular complexity index is 903. The molecule has 0 unspecified atom stereocenters. The van der Waals surface area contributed by atoms with E-state index < -0.39 is 11.4 Å². The Morgan fingerprint density at radius 1 is 1.12 bits per heavy atom. The van der Waals surface area contributed by atoms with Gasteiger partial charge in [0.15, 0.2) is 0 Å². The number of aryl methyl sites for hydroxylation is 1. The molecule has 2 heterocycles. The summed E-state index contributed by atoms with van der Waals surface area (Å²) in [7, 11) is 0. The summed E-state index contributed by atoms with van der Waals surface area (Å²) in [5.74, 6) is -0.805. The zero-order valence-electron chi connectivity index (χ0n) is 14.7. The molecule has 0 aliphatic heterocycles. The summed E-state index contributed by atoms with van der Waals surface area (Å²) in [6.07, 6.45) is 4.55. The molecule has 0 aliphatic rings. The highest BCUT2D eigenvalue weighted by molar-refractivity contribution is 6.30. The highest BCUT2D eigenvalue weighted by Gasteiger charge is 2.28. The number of hydrogen-bond acceptors (Lipinski definition) is 3. The number of halogens is 1.